The van der Waals surface area contributed by atoms with Crippen molar-refractivity contribution in [1.29, 1.82) is 0 Å². The molecule has 0 saturated heterocycles. The fraction of sp³-hybridized carbons (Fsp3) is 0. The summed E-state index contributed by atoms with van der Waals surface area (Å²) in [5.74, 6) is 0. The summed E-state index contributed by atoms with van der Waals surface area (Å²) in [7, 11) is 0. The smallest absolute Gasteiger partial charge is 0.0314 e. The minimum Gasteiger partial charge on any atom is -0.399 e. The minimum atomic E-state index is 0.792. The quantitative estimate of drug-likeness (QED) is 0.644. The molecule has 0 atom stereocenters. The van der Waals surface area contributed by atoms with Crippen LogP contribution >= 0.6 is 15.9 Å². The first kappa shape index (κ1) is 11.0. The molecule has 2 N–H and O–H groups in total. The van der Waals surface area contributed by atoms with E-state index < -0.39 is 0 Å². The van der Waals surface area contributed by atoms with E-state index in [0.717, 1.165) is 15.7 Å². The Morgan fingerprint density at radius 1 is 0.750 bits per heavy atom. The van der Waals surface area contributed by atoms with E-state index in [1.807, 2.05) is 36.4 Å². The van der Waals surface area contributed by atoms with Crippen molar-refractivity contribution in [2.45, 2.75) is 0 Å². The van der Waals surface area contributed by atoms with Gasteiger partial charge in [-0.2, -0.15) is 0 Å². The fourth-order valence-corrected chi connectivity index (χ4v) is 1.64. The summed E-state index contributed by atoms with van der Waals surface area (Å²) in [4.78, 5) is 0. The van der Waals surface area contributed by atoms with E-state index in [4.69, 9.17) is 5.73 Å². The zero-order valence-electron chi connectivity index (χ0n) is 8.73. The fourth-order valence-electron chi connectivity index (χ4n) is 1.37. The Kier molecular flexibility index (Phi) is 3.42. The lowest BCUT2D eigenvalue weighted by Crippen LogP contribution is -1.82. The molecule has 0 unspecified atom stereocenters. The van der Waals surface area contributed by atoms with Crippen molar-refractivity contribution in [3.63, 3.8) is 0 Å². The van der Waals surface area contributed by atoms with E-state index in [1.165, 1.54) is 5.56 Å². The molecule has 0 fully saturated rings. The van der Waals surface area contributed by atoms with Gasteiger partial charge < -0.3 is 5.73 Å². The third-order valence-corrected chi connectivity index (χ3v) is 2.80. The van der Waals surface area contributed by atoms with Gasteiger partial charge in [0.15, 0.2) is 0 Å². The molecule has 0 aliphatic heterocycles. The Balaban J connectivity index is 2.15. The maximum Gasteiger partial charge on any atom is 0.0314 e. The monoisotopic (exact) mass is 273 g/mol. The molecule has 16 heavy (non-hydrogen) atoms. The molecule has 2 rings (SSSR count). The Labute approximate surface area is 104 Å². The summed E-state index contributed by atoms with van der Waals surface area (Å²) in [5.41, 5.74) is 8.74. The third-order valence-electron chi connectivity index (χ3n) is 2.27. The van der Waals surface area contributed by atoms with Gasteiger partial charge in [0.1, 0.15) is 0 Å². The number of nitrogens with two attached hydrogens (primary N) is 1. The molecule has 2 aromatic rings. The molecule has 0 heterocycles. The Morgan fingerprint density at radius 3 is 1.69 bits per heavy atom. The topological polar surface area (TPSA) is 26.0 Å². The van der Waals surface area contributed by atoms with E-state index >= 15 is 0 Å². The van der Waals surface area contributed by atoms with Crippen LogP contribution in [0.3, 0.4) is 0 Å². The molecular formula is C14H12BrN. The van der Waals surface area contributed by atoms with Crippen molar-refractivity contribution in [2.24, 2.45) is 0 Å². The first-order chi connectivity index (χ1) is 7.74. The Bertz CT molecular complexity index is 436. The summed E-state index contributed by atoms with van der Waals surface area (Å²) >= 11 is 3.41. The predicted octanol–water partition coefficient (Wildman–Crippen LogP) is 4.20. The molecule has 0 aliphatic carbocycles. The molecule has 0 aromatic heterocycles. The van der Waals surface area contributed by atoms with Crippen molar-refractivity contribution < 1.29 is 0 Å². The molecule has 1 nitrogen and oxygen atoms in total. The average molecular weight is 274 g/mol. The zero-order valence-corrected chi connectivity index (χ0v) is 10.3. The van der Waals surface area contributed by atoms with Gasteiger partial charge in [-0.1, -0.05) is 52.3 Å². The molecule has 0 spiro atoms. The van der Waals surface area contributed by atoms with Crippen LogP contribution in [0.5, 0.6) is 0 Å². The number of hydrogen-bond acceptors (Lipinski definition) is 1. The maximum absolute atomic E-state index is 5.62. The van der Waals surface area contributed by atoms with Crippen LogP contribution in [0, 0.1) is 0 Å². The highest BCUT2D eigenvalue weighted by molar-refractivity contribution is 9.10. The summed E-state index contributed by atoms with van der Waals surface area (Å²) in [5, 5.41) is 0. The van der Waals surface area contributed by atoms with Crippen LogP contribution in [0.1, 0.15) is 11.1 Å². The number of benzene rings is 2. The molecule has 80 valence electrons. The largest absolute Gasteiger partial charge is 0.399 e. The average Bonchev–Trinajstić information content (AvgIpc) is 2.30. The van der Waals surface area contributed by atoms with Gasteiger partial charge in [-0.05, 0) is 35.4 Å². The molecule has 0 saturated carbocycles. The van der Waals surface area contributed by atoms with Gasteiger partial charge >= 0.3 is 0 Å². The van der Waals surface area contributed by atoms with Crippen LogP contribution in [0.25, 0.3) is 12.2 Å². The molecule has 2 heteroatoms. The van der Waals surface area contributed by atoms with E-state index in [9.17, 15) is 0 Å². The second-order valence-electron chi connectivity index (χ2n) is 3.55. The van der Waals surface area contributed by atoms with E-state index in [2.05, 4.69) is 40.2 Å². The lowest BCUT2D eigenvalue weighted by atomic mass is 10.1. The van der Waals surface area contributed by atoms with Gasteiger partial charge in [-0.3, -0.25) is 0 Å². The second-order valence-corrected chi connectivity index (χ2v) is 4.47. The van der Waals surface area contributed by atoms with Crippen molar-refractivity contribution in [3.8, 4) is 0 Å². The standard InChI is InChI=1S/C14H12BrN/c15-13-7-3-11(4-8-13)1-2-12-5-9-14(16)10-6-12/h1-10H,16H2/b2-1+. The lowest BCUT2D eigenvalue weighted by Gasteiger charge is -1.96. The van der Waals surface area contributed by atoms with Gasteiger partial charge in [0.25, 0.3) is 0 Å². The van der Waals surface area contributed by atoms with Crippen molar-refractivity contribution in [1.82, 2.24) is 0 Å². The number of halogens is 1. The molecular weight excluding hydrogens is 262 g/mol. The van der Waals surface area contributed by atoms with Crippen molar-refractivity contribution >= 4 is 33.8 Å². The van der Waals surface area contributed by atoms with Crippen LogP contribution in [0.2, 0.25) is 0 Å². The van der Waals surface area contributed by atoms with Crippen molar-refractivity contribution in [2.75, 3.05) is 5.73 Å². The van der Waals surface area contributed by atoms with Gasteiger partial charge in [0.05, 0.1) is 0 Å². The van der Waals surface area contributed by atoms with Crippen LogP contribution < -0.4 is 5.73 Å². The molecule has 0 amide bonds. The highest BCUT2D eigenvalue weighted by atomic mass is 79.9. The number of hydrogen-bond donors (Lipinski definition) is 1. The normalized spacial score (nSPS) is 10.8. The maximum atomic E-state index is 5.62. The van der Waals surface area contributed by atoms with Gasteiger partial charge in [-0.15, -0.1) is 0 Å². The number of anilines is 1. The summed E-state index contributed by atoms with van der Waals surface area (Å²) < 4.78 is 1.09. The van der Waals surface area contributed by atoms with E-state index in [0.29, 0.717) is 0 Å². The summed E-state index contributed by atoms with van der Waals surface area (Å²) in [6, 6.07) is 16.0. The van der Waals surface area contributed by atoms with Crippen LogP contribution in [0.4, 0.5) is 5.69 Å². The van der Waals surface area contributed by atoms with Gasteiger partial charge in [0.2, 0.25) is 0 Å². The summed E-state index contributed by atoms with van der Waals surface area (Å²) in [6.45, 7) is 0. The first-order valence-corrected chi connectivity index (χ1v) is 5.82. The minimum absolute atomic E-state index is 0.792. The van der Waals surface area contributed by atoms with E-state index in [1.54, 1.807) is 0 Å². The first-order valence-electron chi connectivity index (χ1n) is 5.03. The Morgan fingerprint density at radius 2 is 1.19 bits per heavy atom. The van der Waals surface area contributed by atoms with Crippen molar-refractivity contribution in [3.05, 3.63) is 64.1 Å². The van der Waals surface area contributed by atoms with Gasteiger partial charge in [0, 0.05) is 10.2 Å². The van der Waals surface area contributed by atoms with Crippen LogP contribution in [0.15, 0.2) is 53.0 Å². The zero-order chi connectivity index (χ0) is 11.4. The third kappa shape index (κ3) is 2.97. The molecule has 2 aromatic carbocycles. The highest BCUT2D eigenvalue weighted by Crippen LogP contribution is 2.13. The van der Waals surface area contributed by atoms with Crippen LogP contribution in [-0.4, -0.2) is 0 Å². The Hall–Kier alpha value is -1.54. The lowest BCUT2D eigenvalue weighted by molar-refractivity contribution is 1.61. The number of nitrogen functional groups attached to an aromatic ring is 1. The van der Waals surface area contributed by atoms with E-state index in [-0.39, 0.29) is 0 Å². The SMILES string of the molecule is Nc1ccc(/C=C/c2ccc(Br)cc2)cc1. The van der Waals surface area contributed by atoms with Gasteiger partial charge in [-0.25, -0.2) is 0 Å². The molecule has 0 radical (unpaired) electrons. The highest BCUT2D eigenvalue weighted by Gasteiger charge is 1.89. The predicted molar refractivity (Wildman–Crippen MR) is 73.9 cm³/mol. The second kappa shape index (κ2) is 4.99. The number of rotatable bonds is 2. The molecule has 0 aliphatic rings. The molecule has 0 bridgehead atoms. The summed E-state index contributed by atoms with van der Waals surface area (Å²) in [6.07, 6.45) is 4.15. The van der Waals surface area contributed by atoms with Crippen LogP contribution in [-0.2, 0) is 0 Å².